The third-order valence-electron chi connectivity index (χ3n) is 9.63. The van der Waals surface area contributed by atoms with Crippen LogP contribution in [0.1, 0.15) is 85.0 Å². The summed E-state index contributed by atoms with van der Waals surface area (Å²) >= 11 is 0. The summed E-state index contributed by atoms with van der Waals surface area (Å²) in [6.07, 6.45) is 13.4. The number of fused-ring (bicyclic) bond motifs is 5. The topological polar surface area (TPSA) is 84.7 Å². The van der Waals surface area contributed by atoms with E-state index < -0.39 is 0 Å². The Morgan fingerprint density at radius 2 is 1.83 bits per heavy atom. The number of carbonyl (C=O) groups is 1. The number of Topliss-reactive ketones (excluding diaryl/α,β-unsaturated/α-hetero) is 1. The number of hydrazone groups is 1. The minimum Gasteiger partial charge on any atom is -0.386 e. The van der Waals surface area contributed by atoms with E-state index in [1.54, 1.807) is 6.92 Å². The molecule has 0 aromatic heterocycles. The van der Waals surface area contributed by atoms with Crippen LogP contribution in [0.5, 0.6) is 0 Å². The van der Waals surface area contributed by atoms with Crippen LogP contribution in [0.25, 0.3) is 0 Å². The second-order valence-electron chi connectivity index (χ2n) is 11.0. The summed E-state index contributed by atoms with van der Waals surface area (Å²) in [5.74, 6) is 12.1. The molecule has 4 aliphatic carbocycles. The number of hydrogen-bond donors (Lipinski definition) is 2. The Bertz CT molecular complexity index is 645. The number of hydrogen-bond acceptors (Lipinski definition) is 4. The molecule has 5 nitrogen and oxygen atoms in total. The van der Waals surface area contributed by atoms with Gasteiger partial charge in [0.2, 0.25) is 0 Å². The number of nitrogens with two attached hydrogens (primary N) is 2. The molecule has 164 valence electrons. The molecule has 0 aliphatic heterocycles. The van der Waals surface area contributed by atoms with Crippen LogP contribution < -0.4 is 11.6 Å². The summed E-state index contributed by atoms with van der Waals surface area (Å²) in [4.78, 5) is 13.1. The van der Waals surface area contributed by atoms with E-state index in [0.717, 1.165) is 41.9 Å². The van der Waals surface area contributed by atoms with Crippen molar-refractivity contribution in [3.05, 3.63) is 0 Å². The zero-order chi connectivity index (χ0) is 20.8. The third-order valence-corrected chi connectivity index (χ3v) is 9.63. The maximum absolute atomic E-state index is 13.1. The summed E-state index contributed by atoms with van der Waals surface area (Å²) in [6, 6.07) is 0. The van der Waals surface area contributed by atoms with Gasteiger partial charge in [0, 0.05) is 5.92 Å². The summed E-state index contributed by atoms with van der Waals surface area (Å²) < 4.78 is 0. The number of carbonyl (C=O) groups excluding carboxylic acids is 1. The molecule has 8 atom stereocenters. The second-order valence-corrected chi connectivity index (χ2v) is 11.0. The van der Waals surface area contributed by atoms with Crippen LogP contribution in [-0.4, -0.2) is 23.3 Å². The van der Waals surface area contributed by atoms with Gasteiger partial charge in [0.15, 0.2) is 5.78 Å². The lowest BCUT2D eigenvalue weighted by Crippen LogP contribution is -2.50. The van der Waals surface area contributed by atoms with Crippen molar-refractivity contribution in [1.29, 1.82) is 0 Å². The monoisotopic (exact) mass is 402 g/mol. The van der Waals surface area contributed by atoms with E-state index in [9.17, 15) is 4.79 Å². The van der Waals surface area contributed by atoms with Crippen LogP contribution in [0.4, 0.5) is 0 Å². The highest BCUT2D eigenvalue weighted by Gasteiger charge is 2.58. The fourth-order valence-corrected chi connectivity index (χ4v) is 8.36. The standard InChI is InChI=1S/C24H42N4O/c1-4-16-5-7-18-17(13-16)6-8-20-19(18)11-12-24(3)21(20)9-10-22(24)23(29)14-28(26)27-15(2)25/h16-22H,4-14,26H2,1-3H3,(H2,25,27). The van der Waals surface area contributed by atoms with Crippen molar-refractivity contribution in [3.8, 4) is 0 Å². The smallest absolute Gasteiger partial charge is 0.159 e. The molecule has 0 saturated heterocycles. The van der Waals surface area contributed by atoms with Gasteiger partial charge in [-0.25, -0.2) is 11.0 Å². The number of hydrazine groups is 1. The van der Waals surface area contributed by atoms with E-state index in [4.69, 9.17) is 11.6 Å². The van der Waals surface area contributed by atoms with E-state index in [1.165, 1.54) is 62.9 Å². The molecular formula is C24H42N4O. The highest BCUT2D eigenvalue weighted by Crippen LogP contribution is 2.64. The van der Waals surface area contributed by atoms with Crippen LogP contribution in [0.3, 0.4) is 0 Å². The van der Waals surface area contributed by atoms with Crippen LogP contribution in [0.2, 0.25) is 0 Å². The Balaban J connectivity index is 1.45. The Morgan fingerprint density at radius 1 is 1.07 bits per heavy atom. The van der Waals surface area contributed by atoms with Gasteiger partial charge in [0.25, 0.3) is 0 Å². The predicted octanol–water partition coefficient (Wildman–Crippen LogP) is 4.32. The Labute approximate surface area is 177 Å². The molecule has 0 aromatic carbocycles. The van der Waals surface area contributed by atoms with Gasteiger partial charge < -0.3 is 5.73 Å². The van der Waals surface area contributed by atoms with Crippen molar-refractivity contribution in [2.24, 2.45) is 63.5 Å². The number of ketones is 1. The molecule has 4 fully saturated rings. The van der Waals surface area contributed by atoms with Crippen molar-refractivity contribution in [1.82, 2.24) is 5.12 Å². The first-order valence-electron chi connectivity index (χ1n) is 12.2. The molecule has 0 spiro atoms. The van der Waals surface area contributed by atoms with Gasteiger partial charge in [-0.3, -0.25) is 4.79 Å². The molecule has 4 rings (SSSR count). The lowest BCUT2D eigenvalue weighted by molar-refractivity contribution is -0.131. The molecule has 5 heteroatoms. The van der Waals surface area contributed by atoms with Crippen molar-refractivity contribution >= 4 is 11.6 Å². The van der Waals surface area contributed by atoms with Gasteiger partial charge in [-0.2, -0.15) is 0 Å². The number of rotatable bonds is 5. The van der Waals surface area contributed by atoms with Crippen molar-refractivity contribution in [3.63, 3.8) is 0 Å². The van der Waals surface area contributed by atoms with E-state index in [1.807, 2.05) is 0 Å². The molecule has 4 saturated carbocycles. The highest BCUT2D eigenvalue weighted by molar-refractivity contribution is 5.84. The van der Waals surface area contributed by atoms with Crippen LogP contribution in [0, 0.1) is 46.8 Å². The van der Waals surface area contributed by atoms with Crippen molar-refractivity contribution < 1.29 is 4.79 Å². The Hall–Kier alpha value is -1.10. The summed E-state index contributed by atoms with van der Waals surface area (Å²) in [5, 5.41) is 5.26. The quantitative estimate of drug-likeness (QED) is 0.310. The zero-order valence-electron chi connectivity index (χ0n) is 18.8. The fraction of sp³-hybridized carbons (Fsp3) is 0.917. The molecule has 8 unspecified atom stereocenters. The van der Waals surface area contributed by atoms with E-state index in [2.05, 4.69) is 18.9 Å². The minimum atomic E-state index is 0.140. The lowest BCUT2D eigenvalue weighted by atomic mass is 9.49. The number of nitrogens with zero attached hydrogens (tertiary/aromatic N) is 2. The molecule has 0 aromatic rings. The van der Waals surface area contributed by atoms with Crippen LogP contribution >= 0.6 is 0 Å². The number of amidine groups is 1. The predicted molar refractivity (Wildman–Crippen MR) is 118 cm³/mol. The average Bonchev–Trinajstić information content (AvgIpc) is 3.03. The van der Waals surface area contributed by atoms with Gasteiger partial charge >= 0.3 is 0 Å². The van der Waals surface area contributed by atoms with Gasteiger partial charge in [-0.15, -0.1) is 5.10 Å². The van der Waals surface area contributed by atoms with E-state index in [-0.39, 0.29) is 23.7 Å². The normalized spacial score (nSPS) is 44.6. The lowest BCUT2D eigenvalue weighted by Gasteiger charge is -2.56. The largest absolute Gasteiger partial charge is 0.386 e. The fourth-order valence-electron chi connectivity index (χ4n) is 8.36. The molecular weight excluding hydrogens is 360 g/mol. The van der Waals surface area contributed by atoms with Crippen molar-refractivity contribution in [2.45, 2.75) is 85.0 Å². The Kier molecular flexibility index (Phi) is 5.98. The highest BCUT2D eigenvalue weighted by atomic mass is 16.1. The first kappa shape index (κ1) is 21.1. The molecule has 0 radical (unpaired) electrons. The van der Waals surface area contributed by atoms with Crippen LogP contribution in [0.15, 0.2) is 5.10 Å². The minimum absolute atomic E-state index is 0.140. The molecule has 29 heavy (non-hydrogen) atoms. The first-order valence-corrected chi connectivity index (χ1v) is 12.2. The maximum atomic E-state index is 13.1. The summed E-state index contributed by atoms with van der Waals surface area (Å²) in [7, 11) is 0. The van der Waals surface area contributed by atoms with Gasteiger partial charge in [0.05, 0.1) is 0 Å². The Morgan fingerprint density at radius 3 is 2.55 bits per heavy atom. The van der Waals surface area contributed by atoms with E-state index >= 15 is 0 Å². The van der Waals surface area contributed by atoms with Crippen LogP contribution in [-0.2, 0) is 4.79 Å². The molecule has 4 aliphatic rings. The summed E-state index contributed by atoms with van der Waals surface area (Å²) in [6.45, 7) is 6.67. The molecule has 4 N–H and O–H groups in total. The SMILES string of the molecule is CCC1CCC2C(CCC3C2CCC2(C)C(C(=O)CN(N)/N=C(/C)N)CCC32)C1. The second kappa shape index (κ2) is 8.20. The zero-order valence-corrected chi connectivity index (χ0v) is 18.8. The van der Waals surface area contributed by atoms with E-state index in [0.29, 0.717) is 5.84 Å². The van der Waals surface area contributed by atoms with Gasteiger partial charge in [-0.1, -0.05) is 26.7 Å². The van der Waals surface area contributed by atoms with Gasteiger partial charge in [-0.05, 0) is 99.2 Å². The third kappa shape index (κ3) is 3.84. The first-order chi connectivity index (χ1) is 13.8. The van der Waals surface area contributed by atoms with Crippen molar-refractivity contribution in [2.75, 3.05) is 6.54 Å². The molecule has 0 bridgehead atoms. The van der Waals surface area contributed by atoms with Gasteiger partial charge in [0.1, 0.15) is 12.4 Å². The molecule has 0 heterocycles. The maximum Gasteiger partial charge on any atom is 0.159 e. The molecule has 0 amide bonds. The average molecular weight is 403 g/mol. The summed E-state index contributed by atoms with van der Waals surface area (Å²) in [5.41, 5.74) is 5.78.